The Hall–Kier alpha value is -4.03. The number of carbonyl (C=O) groups is 1. The van der Waals surface area contributed by atoms with Crippen LogP contribution in [0.1, 0.15) is 44.1 Å². The van der Waals surface area contributed by atoms with Gasteiger partial charge >= 0.3 is 6.01 Å². The molecule has 2 aromatic carbocycles. The Kier molecular flexibility index (Phi) is 7.69. The number of nitrogen functional groups attached to an aromatic ring is 1. The molecule has 2 N–H and O–H groups in total. The first kappa shape index (κ1) is 31.9. The van der Waals surface area contributed by atoms with Crippen molar-refractivity contribution >= 4 is 60.7 Å². The largest absolute Gasteiger partial charge is 0.489 e. The number of amides is 1. The summed E-state index contributed by atoms with van der Waals surface area (Å²) >= 11 is 8.00. The molecule has 7 heterocycles. The number of thiophene rings is 1. The van der Waals surface area contributed by atoms with E-state index in [1.54, 1.807) is 0 Å². The van der Waals surface area contributed by atoms with Crippen molar-refractivity contribution in [2.24, 2.45) is 0 Å². The summed E-state index contributed by atoms with van der Waals surface area (Å²) in [6, 6.07) is 4.56. The van der Waals surface area contributed by atoms with Gasteiger partial charge in [-0.1, -0.05) is 17.7 Å². The first-order chi connectivity index (χ1) is 24.3. The van der Waals surface area contributed by atoms with Crippen LogP contribution in [-0.2, 0) is 9.53 Å². The van der Waals surface area contributed by atoms with Crippen molar-refractivity contribution < 1.29 is 27.8 Å². The number of fused-ring (bicyclic) bond motifs is 2. The van der Waals surface area contributed by atoms with Crippen LogP contribution in [0.2, 0.25) is 5.02 Å². The summed E-state index contributed by atoms with van der Waals surface area (Å²) in [6.45, 7) is 4.58. The number of hydrogen-bond acceptors (Lipinski definition) is 11. The van der Waals surface area contributed by atoms with Gasteiger partial charge in [0.15, 0.2) is 11.6 Å². The third-order valence-corrected chi connectivity index (χ3v) is 12.6. The van der Waals surface area contributed by atoms with E-state index in [-0.39, 0.29) is 78.2 Å². The summed E-state index contributed by atoms with van der Waals surface area (Å²) in [5, 5.41) is 10.5. The lowest BCUT2D eigenvalue weighted by Crippen LogP contribution is -2.46. The normalized spacial score (nSPS) is 22.8. The fraction of sp³-hybridized carbons (Fsp3) is 0.486. The zero-order valence-corrected chi connectivity index (χ0v) is 28.7. The van der Waals surface area contributed by atoms with E-state index >= 15 is 8.78 Å². The molecule has 4 fully saturated rings. The van der Waals surface area contributed by atoms with Crippen LogP contribution >= 0.6 is 22.9 Å². The molecule has 11 nitrogen and oxygen atoms in total. The molecule has 0 radical (unpaired) electrons. The predicted octanol–water partition coefficient (Wildman–Crippen LogP) is 5.49. The van der Waals surface area contributed by atoms with Gasteiger partial charge in [0.1, 0.15) is 47.5 Å². The number of carbonyl (C=O) groups excluding carboxylic acids is 1. The Bertz CT molecular complexity index is 2110. The number of nitriles is 1. The third kappa shape index (κ3) is 4.81. The van der Waals surface area contributed by atoms with E-state index in [4.69, 9.17) is 36.5 Å². The Morgan fingerprint density at radius 3 is 2.68 bits per heavy atom. The lowest BCUT2D eigenvalue weighted by atomic mass is 9.95. The molecule has 5 aliphatic rings. The zero-order chi connectivity index (χ0) is 34.3. The quantitative estimate of drug-likeness (QED) is 0.273. The number of anilines is 2. The fourth-order valence-corrected chi connectivity index (χ4v) is 9.87. The number of benzene rings is 2. The highest BCUT2D eigenvalue weighted by molar-refractivity contribution is 7.23. The minimum absolute atomic E-state index is 0.0193. The average Bonchev–Trinajstić information content (AvgIpc) is 3.85. The van der Waals surface area contributed by atoms with Crippen molar-refractivity contribution in [3.8, 4) is 29.0 Å². The molecule has 4 saturated heterocycles. The lowest BCUT2D eigenvalue weighted by molar-refractivity contribution is -0.155. The van der Waals surface area contributed by atoms with E-state index in [0.717, 1.165) is 50.1 Å². The van der Waals surface area contributed by atoms with Crippen LogP contribution in [0.15, 0.2) is 12.1 Å². The Balaban J connectivity index is 1.20. The van der Waals surface area contributed by atoms with Crippen LogP contribution in [0, 0.1) is 23.0 Å². The fourth-order valence-electron chi connectivity index (χ4n) is 8.59. The Morgan fingerprint density at radius 1 is 1.14 bits per heavy atom. The molecule has 0 spiro atoms. The molecule has 5 aliphatic heterocycles. The summed E-state index contributed by atoms with van der Waals surface area (Å²) in [6.07, 6.45) is 5.18. The van der Waals surface area contributed by atoms with E-state index in [2.05, 4.69) is 20.9 Å². The molecule has 15 heteroatoms. The molecule has 0 bridgehead atoms. The number of aromatic nitrogens is 2. The highest BCUT2D eigenvalue weighted by Crippen LogP contribution is 2.51. The number of rotatable bonds is 6. The van der Waals surface area contributed by atoms with E-state index < -0.39 is 17.7 Å². The molecule has 4 aromatic rings. The van der Waals surface area contributed by atoms with Gasteiger partial charge in [-0.15, -0.1) is 11.3 Å². The van der Waals surface area contributed by atoms with Gasteiger partial charge in [0.2, 0.25) is 0 Å². The summed E-state index contributed by atoms with van der Waals surface area (Å²) < 4.78 is 50.6. The topological polar surface area (TPSA) is 130 Å². The van der Waals surface area contributed by atoms with Crippen LogP contribution in [0.25, 0.3) is 32.1 Å². The minimum atomic E-state index is -0.777. The van der Waals surface area contributed by atoms with Crippen LogP contribution in [0.5, 0.6) is 11.8 Å². The van der Waals surface area contributed by atoms with E-state index in [1.807, 2.05) is 4.90 Å². The molecule has 2 unspecified atom stereocenters. The number of hydrogen-bond donors (Lipinski definition) is 1. The maximum Gasteiger partial charge on any atom is 0.319 e. The van der Waals surface area contributed by atoms with E-state index in [1.165, 1.54) is 12.1 Å². The molecule has 9 rings (SSSR count). The van der Waals surface area contributed by atoms with E-state index in [9.17, 15) is 10.1 Å². The monoisotopic (exact) mass is 721 g/mol. The maximum absolute atomic E-state index is 17.3. The zero-order valence-electron chi connectivity index (χ0n) is 27.1. The van der Waals surface area contributed by atoms with Gasteiger partial charge in [0, 0.05) is 36.5 Å². The van der Waals surface area contributed by atoms with Gasteiger partial charge < -0.3 is 29.7 Å². The van der Waals surface area contributed by atoms with E-state index in [0.29, 0.717) is 56.9 Å². The third-order valence-electron chi connectivity index (χ3n) is 11.2. The average molecular weight is 722 g/mol. The van der Waals surface area contributed by atoms with Crippen LogP contribution in [0.4, 0.5) is 19.6 Å². The van der Waals surface area contributed by atoms with Crippen LogP contribution in [0.3, 0.4) is 0 Å². The number of nitrogens with two attached hydrogens (primary N) is 1. The predicted molar refractivity (Wildman–Crippen MR) is 185 cm³/mol. The molecular weight excluding hydrogens is 688 g/mol. The first-order valence-corrected chi connectivity index (χ1v) is 18.3. The van der Waals surface area contributed by atoms with Gasteiger partial charge in [-0.25, -0.2) is 8.78 Å². The van der Waals surface area contributed by atoms with Crippen molar-refractivity contribution in [1.29, 1.82) is 5.26 Å². The summed E-state index contributed by atoms with van der Waals surface area (Å²) in [5.41, 5.74) is 6.13. The second kappa shape index (κ2) is 12.0. The number of ether oxygens (including phenoxy) is 3. The van der Waals surface area contributed by atoms with Crippen molar-refractivity contribution in [2.75, 3.05) is 63.2 Å². The molecule has 0 aliphatic carbocycles. The van der Waals surface area contributed by atoms with Crippen molar-refractivity contribution in [3.05, 3.63) is 34.4 Å². The standard InChI is InChI=1S/C35H34ClF2N7O4S/c36-26-24(19-3-4-21(37)30-23(19)20(15-39)31(40)50-30)27(38)28-25-29(26)48-14-12-45(18-5-11-43(16-18)33(46)22-6-13-47-22)32(25)42-34(41-28)49-17-35-7-1-9-44(35)10-2-8-35/h3-4,18,22H,1-2,5-14,16-17,40H2. The second-order valence-corrected chi connectivity index (χ2v) is 15.2. The summed E-state index contributed by atoms with van der Waals surface area (Å²) in [7, 11) is 0. The van der Waals surface area contributed by atoms with Crippen LogP contribution < -0.4 is 20.1 Å². The van der Waals surface area contributed by atoms with Gasteiger partial charge in [-0.3, -0.25) is 9.69 Å². The van der Waals surface area contributed by atoms with Crippen molar-refractivity contribution in [3.63, 3.8) is 0 Å². The van der Waals surface area contributed by atoms with Crippen LogP contribution in [-0.4, -0.2) is 95.9 Å². The summed E-state index contributed by atoms with van der Waals surface area (Å²) in [5.74, 6) is -0.774. The molecule has 2 aromatic heterocycles. The summed E-state index contributed by atoms with van der Waals surface area (Å²) in [4.78, 5) is 29.0. The van der Waals surface area contributed by atoms with Gasteiger partial charge in [0.25, 0.3) is 5.91 Å². The highest BCUT2D eigenvalue weighted by atomic mass is 35.5. The molecule has 1 amide bonds. The first-order valence-electron chi connectivity index (χ1n) is 17.1. The number of halogens is 3. The smallest absolute Gasteiger partial charge is 0.319 e. The number of nitrogens with zero attached hydrogens (tertiary/aromatic N) is 6. The SMILES string of the molecule is N#Cc1c(N)sc2c(F)ccc(-c3c(Cl)c4c5c(nc(OCC67CCCN6CCC7)nc5c3F)N(C3CCN(C(=O)C5CCO5)C3)CCO4)c12. The molecule has 50 heavy (non-hydrogen) atoms. The lowest BCUT2D eigenvalue weighted by Gasteiger charge is -2.32. The molecule has 260 valence electrons. The minimum Gasteiger partial charge on any atom is -0.489 e. The second-order valence-electron chi connectivity index (χ2n) is 13.8. The molecule has 0 saturated carbocycles. The van der Waals surface area contributed by atoms with Crippen molar-refractivity contribution in [1.82, 2.24) is 19.8 Å². The Morgan fingerprint density at radius 2 is 1.94 bits per heavy atom. The van der Waals surface area contributed by atoms with Gasteiger partial charge in [-0.05, 0) is 56.8 Å². The molecule has 2 atom stereocenters. The Labute approximate surface area is 295 Å². The maximum atomic E-state index is 17.3. The van der Waals surface area contributed by atoms with Gasteiger partial charge in [-0.2, -0.15) is 15.2 Å². The molecular formula is C35H34ClF2N7O4S. The number of likely N-dealkylation sites (tertiary alicyclic amines) is 1. The highest BCUT2D eigenvalue weighted by Gasteiger charge is 2.45. The van der Waals surface area contributed by atoms with Gasteiger partial charge in [0.05, 0.1) is 39.4 Å². The van der Waals surface area contributed by atoms with Crippen molar-refractivity contribution in [2.45, 2.75) is 56.2 Å².